The zero-order valence-electron chi connectivity index (χ0n) is 10.7. The van der Waals surface area contributed by atoms with Gasteiger partial charge in [-0.1, -0.05) is 24.3 Å². The molecule has 0 atom stereocenters. The molecular weight excluding hydrogens is 327 g/mol. The van der Waals surface area contributed by atoms with Gasteiger partial charge in [-0.2, -0.15) is 0 Å². The van der Waals surface area contributed by atoms with Crippen LogP contribution in [-0.4, -0.2) is 4.92 Å². The molecule has 0 amide bonds. The van der Waals surface area contributed by atoms with Crippen LogP contribution >= 0.6 is 15.9 Å². The maximum absolute atomic E-state index is 13.7. The highest BCUT2D eigenvalue weighted by Crippen LogP contribution is 2.29. The van der Waals surface area contributed by atoms with Gasteiger partial charge in [0.1, 0.15) is 10.3 Å². The maximum Gasteiger partial charge on any atom is 0.283 e. The molecule has 0 aromatic heterocycles. The van der Waals surface area contributed by atoms with Crippen molar-refractivity contribution in [1.29, 1.82) is 0 Å². The number of nitrogens with one attached hydrogen (secondary N) is 1. The van der Waals surface area contributed by atoms with Gasteiger partial charge in [0.25, 0.3) is 5.69 Å². The number of aryl methyl sites for hydroxylation is 1. The number of benzene rings is 2. The number of nitro benzene ring substituents is 1. The molecule has 0 saturated heterocycles. The maximum atomic E-state index is 13.7. The Labute approximate surface area is 123 Å². The first-order chi connectivity index (χ1) is 9.50. The summed E-state index contributed by atoms with van der Waals surface area (Å²) in [4.78, 5) is 10.4. The van der Waals surface area contributed by atoms with Gasteiger partial charge in [-0.3, -0.25) is 10.1 Å². The van der Waals surface area contributed by atoms with Crippen molar-refractivity contribution in [3.8, 4) is 0 Å². The number of halogens is 2. The van der Waals surface area contributed by atoms with Crippen LogP contribution < -0.4 is 5.32 Å². The van der Waals surface area contributed by atoms with Crippen LogP contribution in [0.2, 0.25) is 0 Å². The summed E-state index contributed by atoms with van der Waals surface area (Å²) < 4.78 is 14.1. The Morgan fingerprint density at radius 1 is 1.30 bits per heavy atom. The third-order valence-electron chi connectivity index (χ3n) is 2.93. The minimum atomic E-state index is -0.456. The van der Waals surface area contributed by atoms with Crippen LogP contribution in [0.1, 0.15) is 11.1 Å². The molecule has 104 valence electrons. The summed E-state index contributed by atoms with van der Waals surface area (Å²) in [6.07, 6.45) is 0. The predicted octanol–water partition coefficient (Wildman–Crippen LogP) is 4.42. The molecule has 0 bridgehead atoms. The normalized spacial score (nSPS) is 10.3. The number of para-hydroxylation sites is 1. The Kier molecular flexibility index (Phi) is 4.34. The predicted molar refractivity (Wildman–Crippen MR) is 79.3 cm³/mol. The number of nitro groups is 1. The Morgan fingerprint density at radius 2 is 2.00 bits per heavy atom. The molecule has 2 aromatic carbocycles. The summed E-state index contributed by atoms with van der Waals surface area (Å²) >= 11 is 3.22. The molecule has 1 N–H and O–H groups in total. The zero-order valence-corrected chi connectivity index (χ0v) is 12.3. The number of hydrogen-bond donors (Lipinski definition) is 1. The van der Waals surface area contributed by atoms with Gasteiger partial charge in [0.05, 0.1) is 10.6 Å². The molecule has 4 nitrogen and oxygen atoms in total. The van der Waals surface area contributed by atoms with Crippen LogP contribution in [0, 0.1) is 22.9 Å². The molecule has 2 rings (SSSR count). The third kappa shape index (κ3) is 2.96. The molecule has 0 aliphatic rings. The van der Waals surface area contributed by atoms with E-state index >= 15 is 0 Å². The van der Waals surface area contributed by atoms with Crippen LogP contribution in [0.4, 0.5) is 15.8 Å². The Bertz CT molecular complexity index is 641. The standard InChI is InChI=1S/C14H12BrFN2O2/c1-9-4-2-6-11(16)14(9)17-8-10-5-3-7-12(13(10)15)18(19)20/h2-7,17H,8H2,1H3. The average Bonchev–Trinajstić information content (AvgIpc) is 2.39. The highest BCUT2D eigenvalue weighted by atomic mass is 79.9. The van der Waals surface area contributed by atoms with E-state index in [1.54, 1.807) is 31.2 Å². The monoisotopic (exact) mass is 338 g/mol. The number of anilines is 1. The highest BCUT2D eigenvalue weighted by Gasteiger charge is 2.15. The first-order valence-electron chi connectivity index (χ1n) is 5.91. The lowest BCUT2D eigenvalue weighted by atomic mass is 10.1. The topological polar surface area (TPSA) is 55.2 Å². The van der Waals surface area contributed by atoms with E-state index < -0.39 is 4.92 Å². The van der Waals surface area contributed by atoms with Crippen LogP contribution in [0.25, 0.3) is 0 Å². The van der Waals surface area contributed by atoms with Gasteiger partial charge < -0.3 is 5.32 Å². The Hall–Kier alpha value is -1.95. The molecule has 0 aliphatic carbocycles. The van der Waals surface area contributed by atoms with Crippen molar-refractivity contribution in [2.45, 2.75) is 13.5 Å². The second-order valence-electron chi connectivity index (χ2n) is 4.29. The lowest BCUT2D eigenvalue weighted by Crippen LogP contribution is -2.04. The molecule has 0 radical (unpaired) electrons. The van der Waals surface area contributed by atoms with E-state index in [1.807, 2.05) is 0 Å². The fourth-order valence-corrected chi connectivity index (χ4v) is 2.43. The molecular formula is C14H12BrFN2O2. The molecule has 0 aliphatic heterocycles. The minimum absolute atomic E-state index is 0.00504. The summed E-state index contributed by atoms with van der Waals surface area (Å²) in [5.74, 6) is -0.341. The van der Waals surface area contributed by atoms with Crippen LogP contribution in [-0.2, 0) is 6.54 Å². The lowest BCUT2D eigenvalue weighted by molar-refractivity contribution is -0.385. The molecule has 6 heteroatoms. The van der Waals surface area contributed by atoms with Gasteiger partial charge in [-0.15, -0.1) is 0 Å². The second kappa shape index (κ2) is 6.00. The van der Waals surface area contributed by atoms with Gasteiger partial charge in [0.2, 0.25) is 0 Å². The van der Waals surface area contributed by atoms with E-state index in [-0.39, 0.29) is 11.5 Å². The largest absolute Gasteiger partial charge is 0.378 e. The van der Waals surface area contributed by atoms with E-state index in [4.69, 9.17) is 0 Å². The molecule has 20 heavy (non-hydrogen) atoms. The Morgan fingerprint density at radius 3 is 2.65 bits per heavy atom. The smallest absolute Gasteiger partial charge is 0.283 e. The molecule has 0 heterocycles. The van der Waals surface area contributed by atoms with Crippen LogP contribution in [0.15, 0.2) is 40.9 Å². The van der Waals surface area contributed by atoms with Crippen molar-refractivity contribution in [2.75, 3.05) is 5.32 Å². The zero-order chi connectivity index (χ0) is 14.7. The molecule has 0 spiro atoms. The van der Waals surface area contributed by atoms with Crippen LogP contribution in [0.3, 0.4) is 0 Å². The SMILES string of the molecule is Cc1cccc(F)c1NCc1cccc([N+](=O)[O-])c1Br. The van der Waals surface area contributed by atoms with E-state index in [2.05, 4.69) is 21.2 Å². The van der Waals surface area contributed by atoms with Crippen molar-refractivity contribution in [1.82, 2.24) is 0 Å². The summed E-state index contributed by atoms with van der Waals surface area (Å²) in [6.45, 7) is 2.10. The van der Waals surface area contributed by atoms with Gasteiger partial charge >= 0.3 is 0 Å². The third-order valence-corrected chi connectivity index (χ3v) is 3.85. The van der Waals surface area contributed by atoms with Gasteiger partial charge in [0.15, 0.2) is 0 Å². The van der Waals surface area contributed by atoms with Crippen molar-refractivity contribution in [2.24, 2.45) is 0 Å². The van der Waals surface area contributed by atoms with E-state index in [0.717, 1.165) is 5.56 Å². The lowest BCUT2D eigenvalue weighted by Gasteiger charge is -2.11. The van der Waals surface area contributed by atoms with Crippen molar-refractivity contribution >= 4 is 27.3 Å². The van der Waals surface area contributed by atoms with Gasteiger partial charge in [-0.05, 0) is 40.0 Å². The average molecular weight is 339 g/mol. The quantitative estimate of drug-likeness (QED) is 0.663. The van der Waals surface area contributed by atoms with Crippen molar-refractivity contribution in [3.63, 3.8) is 0 Å². The fraction of sp³-hybridized carbons (Fsp3) is 0.143. The summed E-state index contributed by atoms with van der Waals surface area (Å²) in [7, 11) is 0. The first-order valence-corrected chi connectivity index (χ1v) is 6.70. The summed E-state index contributed by atoms with van der Waals surface area (Å²) in [5, 5.41) is 13.8. The van der Waals surface area contributed by atoms with E-state index in [0.29, 0.717) is 22.3 Å². The molecule has 2 aromatic rings. The number of nitrogens with zero attached hydrogens (tertiary/aromatic N) is 1. The van der Waals surface area contributed by atoms with Crippen molar-refractivity contribution < 1.29 is 9.31 Å². The fourth-order valence-electron chi connectivity index (χ4n) is 1.88. The Balaban J connectivity index is 2.24. The second-order valence-corrected chi connectivity index (χ2v) is 5.09. The minimum Gasteiger partial charge on any atom is -0.378 e. The number of hydrogen-bond acceptors (Lipinski definition) is 3. The first kappa shape index (κ1) is 14.5. The van der Waals surface area contributed by atoms with Crippen molar-refractivity contribution in [3.05, 3.63) is 67.9 Å². The highest BCUT2D eigenvalue weighted by molar-refractivity contribution is 9.10. The summed E-state index contributed by atoms with van der Waals surface area (Å²) in [6, 6.07) is 9.58. The summed E-state index contributed by atoms with van der Waals surface area (Å²) in [5.41, 5.74) is 1.88. The van der Waals surface area contributed by atoms with E-state index in [9.17, 15) is 14.5 Å². The number of rotatable bonds is 4. The van der Waals surface area contributed by atoms with Crippen LogP contribution in [0.5, 0.6) is 0 Å². The molecule has 0 fully saturated rings. The molecule has 0 saturated carbocycles. The van der Waals surface area contributed by atoms with Gasteiger partial charge in [0, 0.05) is 12.6 Å². The van der Waals surface area contributed by atoms with E-state index in [1.165, 1.54) is 12.1 Å². The molecule has 0 unspecified atom stereocenters. The van der Waals surface area contributed by atoms with Gasteiger partial charge in [-0.25, -0.2) is 4.39 Å².